The largest absolute Gasteiger partial charge is 0.368 e. The molecule has 34 heavy (non-hydrogen) atoms. The van der Waals surface area contributed by atoms with Crippen molar-refractivity contribution < 1.29 is 12.8 Å². The van der Waals surface area contributed by atoms with Crippen molar-refractivity contribution >= 4 is 49.9 Å². The quantitative estimate of drug-likeness (QED) is 0.308. The predicted octanol–water partition coefficient (Wildman–Crippen LogP) is 5.78. The summed E-state index contributed by atoms with van der Waals surface area (Å²) in [6, 6.07) is 14.9. The number of hydrogen-bond acceptors (Lipinski definition) is 6. The van der Waals surface area contributed by atoms with E-state index in [2.05, 4.69) is 9.97 Å². The molecular weight excluding hydrogens is 497 g/mol. The topological polar surface area (TPSA) is 107 Å². The van der Waals surface area contributed by atoms with E-state index in [9.17, 15) is 12.8 Å². The number of fused-ring (bicyclic) bond motifs is 1. The summed E-state index contributed by atoms with van der Waals surface area (Å²) < 4.78 is 41.2. The minimum Gasteiger partial charge on any atom is -0.368 e. The molecule has 0 atom stereocenters. The van der Waals surface area contributed by atoms with Crippen molar-refractivity contribution in [3.8, 4) is 33.2 Å². The zero-order chi connectivity index (χ0) is 24.2. The number of imidazole rings is 2. The van der Waals surface area contributed by atoms with Crippen LogP contribution in [-0.4, -0.2) is 32.6 Å². The van der Waals surface area contributed by atoms with Crippen molar-refractivity contribution in [2.45, 2.75) is 19.1 Å². The number of H-pyrrole nitrogens is 1. The van der Waals surface area contributed by atoms with Crippen LogP contribution in [0.1, 0.15) is 13.8 Å². The maximum absolute atomic E-state index is 13.6. The molecule has 0 fully saturated rings. The number of benzene rings is 2. The fraction of sp³-hybridized carbons (Fsp3) is 0.130. The molecule has 0 aliphatic heterocycles. The van der Waals surface area contributed by atoms with Crippen molar-refractivity contribution in [3.63, 3.8) is 0 Å². The second kappa shape index (κ2) is 8.23. The molecule has 5 rings (SSSR count). The molecule has 3 heterocycles. The number of rotatable bonds is 5. The minimum absolute atomic E-state index is 0.101. The molecule has 174 valence electrons. The lowest BCUT2D eigenvalue weighted by molar-refractivity contribution is 0.580. The van der Waals surface area contributed by atoms with E-state index >= 15 is 0 Å². The molecule has 0 amide bonds. The van der Waals surface area contributed by atoms with Gasteiger partial charge in [0.1, 0.15) is 11.6 Å². The Hall–Kier alpha value is -3.21. The van der Waals surface area contributed by atoms with Crippen LogP contribution in [0, 0.1) is 5.82 Å². The van der Waals surface area contributed by atoms with Crippen LogP contribution < -0.4 is 5.73 Å². The van der Waals surface area contributed by atoms with Crippen LogP contribution in [0.2, 0.25) is 4.34 Å². The van der Waals surface area contributed by atoms with Gasteiger partial charge in [-0.05, 0) is 62.4 Å². The third kappa shape index (κ3) is 3.77. The first kappa shape index (κ1) is 22.6. The maximum Gasteiger partial charge on any atom is 0.244 e. The van der Waals surface area contributed by atoms with Gasteiger partial charge in [0, 0.05) is 11.1 Å². The molecule has 0 saturated carbocycles. The Morgan fingerprint density at radius 3 is 2.41 bits per heavy atom. The van der Waals surface area contributed by atoms with Crippen LogP contribution in [0.15, 0.2) is 54.6 Å². The first-order valence-corrected chi connectivity index (χ1v) is 13.0. The Kier molecular flexibility index (Phi) is 5.46. The van der Waals surface area contributed by atoms with E-state index < -0.39 is 15.3 Å². The summed E-state index contributed by atoms with van der Waals surface area (Å²) in [6.07, 6.45) is 0. The molecule has 0 aliphatic rings. The first-order chi connectivity index (χ1) is 16.1. The highest BCUT2D eigenvalue weighted by atomic mass is 35.5. The highest BCUT2D eigenvalue weighted by Crippen LogP contribution is 2.37. The third-order valence-electron chi connectivity index (χ3n) is 5.40. The molecule has 0 unspecified atom stereocenters. The van der Waals surface area contributed by atoms with E-state index in [1.54, 1.807) is 50.2 Å². The molecule has 2 aromatic carbocycles. The molecule has 0 spiro atoms. The number of nitrogen functional groups attached to an aromatic ring is 1. The van der Waals surface area contributed by atoms with Crippen molar-refractivity contribution in [1.29, 1.82) is 0 Å². The Balaban J connectivity index is 1.75. The number of nitrogens with one attached hydrogen (secondary N) is 1. The van der Waals surface area contributed by atoms with E-state index in [4.69, 9.17) is 22.3 Å². The normalized spacial score (nSPS) is 12.1. The lowest BCUT2D eigenvalue weighted by Gasteiger charge is -2.11. The monoisotopic (exact) mass is 515 g/mol. The average molecular weight is 516 g/mol. The van der Waals surface area contributed by atoms with Crippen LogP contribution in [0.3, 0.4) is 0 Å². The zero-order valence-corrected chi connectivity index (χ0v) is 20.5. The maximum atomic E-state index is 13.6. The number of halogens is 2. The van der Waals surface area contributed by atoms with Gasteiger partial charge in [-0.15, -0.1) is 11.3 Å². The molecular formula is C23H19ClFN5O2S2. The van der Waals surface area contributed by atoms with E-state index in [-0.39, 0.29) is 11.8 Å². The molecule has 0 saturated heterocycles. The van der Waals surface area contributed by atoms with Crippen LogP contribution in [0.25, 0.3) is 44.2 Å². The lowest BCUT2D eigenvalue weighted by Crippen LogP contribution is -2.23. The lowest BCUT2D eigenvalue weighted by atomic mass is 10.0. The van der Waals surface area contributed by atoms with Crippen LogP contribution in [0.4, 0.5) is 10.3 Å². The molecule has 5 aromatic rings. The average Bonchev–Trinajstić information content (AvgIpc) is 3.49. The van der Waals surface area contributed by atoms with Crippen molar-refractivity contribution in [1.82, 2.24) is 18.9 Å². The van der Waals surface area contributed by atoms with E-state index in [0.717, 1.165) is 14.4 Å². The first-order valence-electron chi connectivity index (χ1n) is 10.3. The fourth-order valence-electron chi connectivity index (χ4n) is 3.66. The third-order valence-corrected chi connectivity index (χ3v) is 8.73. The summed E-state index contributed by atoms with van der Waals surface area (Å²) in [5.41, 5.74) is 9.40. The van der Waals surface area contributed by atoms with Gasteiger partial charge in [0.15, 0.2) is 0 Å². The van der Waals surface area contributed by atoms with Crippen LogP contribution in [-0.2, 0) is 10.0 Å². The van der Waals surface area contributed by atoms with Crippen molar-refractivity contribution in [2.24, 2.45) is 0 Å². The second-order valence-corrected chi connectivity index (χ2v) is 12.0. The SMILES string of the molecule is CC(C)S(=O)(=O)n1c(N)nc2ccc(-c3nc(-c4ccc(Cl)s4)[nH]c3-c3ccc(F)cc3)cc21. The van der Waals surface area contributed by atoms with Gasteiger partial charge in [0.2, 0.25) is 16.0 Å². The van der Waals surface area contributed by atoms with Crippen molar-refractivity contribution in [2.75, 3.05) is 5.73 Å². The number of hydrogen-bond donors (Lipinski definition) is 2. The molecule has 0 aliphatic carbocycles. The van der Waals surface area contributed by atoms with Gasteiger partial charge in [-0.25, -0.2) is 26.7 Å². The standard InChI is InChI=1S/C23H19ClFN5O2S2/c1-12(2)34(31,32)30-17-11-14(5-8-16(17)27-23(30)26)21-20(13-3-6-15(25)7-4-13)28-22(29-21)18-9-10-19(24)33-18/h3-12H,1-2H3,(H2,26,27)(H,28,29). The molecule has 3 N–H and O–H groups in total. The summed E-state index contributed by atoms with van der Waals surface area (Å²) in [7, 11) is -3.75. The molecule has 3 aromatic heterocycles. The highest BCUT2D eigenvalue weighted by Gasteiger charge is 2.25. The van der Waals surface area contributed by atoms with Gasteiger partial charge in [-0.1, -0.05) is 17.7 Å². The number of nitrogens with zero attached hydrogens (tertiary/aromatic N) is 3. The zero-order valence-electron chi connectivity index (χ0n) is 18.1. The fourth-order valence-corrected chi connectivity index (χ4v) is 5.80. The Morgan fingerprint density at radius 1 is 1.06 bits per heavy atom. The predicted molar refractivity (Wildman–Crippen MR) is 135 cm³/mol. The molecule has 0 bridgehead atoms. The molecule has 7 nitrogen and oxygen atoms in total. The Bertz CT molecular complexity index is 1640. The Labute approximate surface area is 204 Å². The van der Waals surface area contributed by atoms with Gasteiger partial charge in [0.05, 0.1) is 36.9 Å². The second-order valence-electron chi connectivity index (χ2n) is 7.95. The van der Waals surface area contributed by atoms with Gasteiger partial charge >= 0.3 is 0 Å². The summed E-state index contributed by atoms with van der Waals surface area (Å²) >= 11 is 7.49. The van der Waals surface area contributed by atoms with E-state index in [0.29, 0.717) is 38.1 Å². The molecule has 11 heteroatoms. The Morgan fingerprint density at radius 2 is 1.76 bits per heavy atom. The van der Waals surface area contributed by atoms with Crippen LogP contribution in [0.5, 0.6) is 0 Å². The molecule has 0 radical (unpaired) electrons. The number of anilines is 1. The smallest absolute Gasteiger partial charge is 0.244 e. The van der Waals surface area contributed by atoms with Gasteiger partial charge in [-0.2, -0.15) is 0 Å². The van der Waals surface area contributed by atoms with Crippen LogP contribution >= 0.6 is 22.9 Å². The number of aromatic amines is 1. The number of nitrogens with two attached hydrogens (primary N) is 1. The number of thiophene rings is 1. The van der Waals surface area contributed by atoms with E-state index in [1.165, 1.54) is 23.5 Å². The number of aromatic nitrogens is 4. The summed E-state index contributed by atoms with van der Waals surface area (Å²) in [5, 5.41) is -0.689. The highest BCUT2D eigenvalue weighted by molar-refractivity contribution is 7.90. The summed E-state index contributed by atoms with van der Waals surface area (Å²) in [4.78, 5) is 13.2. The van der Waals surface area contributed by atoms with Gasteiger partial charge in [-0.3, -0.25) is 0 Å². The van der Waals surface area contributed by atoms with Crippen molar-refractivity contribution in [3.05, 3.63) is 64.8 Å². The van der Waals surface area contributed by atoms with E-state index in [1.807, 2.05) is 6.07 Å². The van der Waals surface area contributed by atoms with Gasteiger partial charge < -0.3 is 10.7 Å². The van der Waals surface area contributed by atoms with Gasteiger partial charge in [0.25, 0.3) is 0 Å². The summed E-state index contributed by atoms with van der Waals surface area (Å²) in [6.45, 7) is 3.17. The summed E-state index contributed by atoms with van der Waals surface area (Å²) in [5.74, 6) is 0.138. The minimum atomic E-state index is -3.75.